The Labute approximate surface area is 143 Å². The Hall–Kier alpha value is -2.66. The first-order valence-electron chi connectivity index (χ1n) is 7.56. The fourth-order valence-electron chi connectivity index (χ4n) is 2.82. The zero-order valence-corrected chi connectivity index (χ0v) is 14.1. The summed E-state index contributed by atoms with van der Waals surface area (Å²) in [6.07, 6.45) is 1.64. The number of nitrogens with one attached hydrogen (secondary N) is 1. The third kappa shape index (κ3) is 2.37. The van der Waals surface area contributed by atoms with Gasteiger partial charge >= 0.3 is 0 Å². The number of benzene rings is 2. The van der Waals surface area contributed by atoms with Gasteiger partial charge in [-0.1, -0.05) is 29.8 Å². The number of anilines is 1. The second kappa shape index (κ2) is 5.76. The molecule has 4 rings (SSSR count). The van der Waals surface area contributed by atoms with E-state index in [1.165, 1.54) is 0 Å². The van der Waals surface area contributed by atoms with Crippen LogP contribution in [0.25, 0.3) is 21.9 Å². The molecule has 0 saturated carbocycles. The van der Waals surface area contributed by atoms with Gasteiger partial charge in [-0.2, -0.15) is 0 Å². The lowest BCUT2D eigenvalue weighted by Gasteiger charge is -2.11. The number of fused-ring (bicyclic) bond motifs is 3. The van der Waals surface area contributed by atoms with Crippen molar-refractivity contribution in [1.82, 2.24) is 9.55 Å². The molecule has 0 unspecified atom stereocenters. The van der Waals surface area contributed by atoms with Crippen molar-refractivity contribution in [3.8, 4) is 5.75 Å². The number of hydrogen-bond acceptors (Lipinski definition) is 4. The molecule has 2 aromatic heterocycles. The van der Waals surface area contributed by atoms with E-state index < -0.39 is 0 Å². The quantitative estimate of drug-likeness (QED) is 0.589. The molecule has 24 heavy (non-hydrogen) atoms. The molecule has 0 amide bonds. The maximum Gasteiger partial charge on any atom is 0.142 e. The van der Waals surface area contributed by atoms with Crippen LogP contribution in [0.2, 0.25) is 5.15 Å². The van der Waals surface area contributed by atoms with Crippen LogP contribution >= 0.6 is 11.6 Å². The first kappa shape index (κ1) is 14.9. The van der Waals surface area contributed by atoms with Crippen LogP contribution in [0.1, 0.15) is 5.82 Å². The monoisotopic (exact) mass is 341 g/mol. The van der Waals surface area contributed by atoms with Gasteiger partial charge in [0.1, 0.15) is 27.9 Å². The van der Waals surface area contributed by atoms with E-state index in [0.717, 1.165) is 39.2 Å². The zero-order chi connectivity index (χ0) is 16.7. The Morgan fingerprint density at radius 1 is 1.21 bits per heavy atom. The van der Waals surface area contributed by atoms with Crippen LogP contribution in [0.4, 0.5) is 5.69 Å². The standard InChI is InChI=1S/C18H16ClN3O2/c1-22-17(19)9-21-18(22)10-20-13-8-15-12(7-16(13)23-2)11-5-3-4-6-14(11)24-15/h3-9,20H,10H2,1-2H3. The summed E-state index contributed by atoms with van der Waals surface area (Å²) in [6.45, 7) is 0.533. The number of methoxy groups -OCH3 is 1. The SMILES string of the molecule is COc1cc2c(cc1NCc1ncc(Cl)n1C)oc1ccccc12. The van der Waals surface area contributed by atoms with Gasteiger partial charge in [-0.3, -0.25) is 0 Å². The molecule has 0 spiro atoms. The largest absolute Gasteiger partial charge is 0.495 e. The van der Waals surface area contributed by atoms with E-state index in [9.17, 15) is 0 Å². The molecule has 6 heteroatoms. The van der Waals surface area contributed by atoms with Crippen molar-refractivity contribution in [1.29, 1.82) is 0 Å². The van der Waals surface area contributed by atoms with Crippen molar-refractivity contribution in [2.45, 2.75) is 6.54 Å². The maximum absolute atomic E-state index is 6.03. The molecule has 0 saturated heterocycles. The summed E-state index contributed by atoms with van der Waals surface area (Å²) < 4.78 is 13.3. The highest BCUT2D eigenvalue weighted by Crippen LogP contribution is 2.36. The van der Waals surface area contributed by atoms with Crippen LogP contribution in [0.3, 0.4) is 0 Å². The van der Waals surface area contributed by atoms with E-state index >= 15 is 0 Å². The number of imidazole rings is 1. The lowest BCUT2D eigenvalue weighted by Crippen LogP contribution is -2.07. The topological polar surface area (TPSA) is 52.2 Å². The van der Waals surface area contributed by atoms with Crippen LogP contribution in [0, 0.1) is 0 Å². The highest BCUT2D eigenvalue weighted by molar-refractivity contribution is 6.29. The number of ether oxygens (including phenoxy) is 1. The first-order valence-corrected chi connectivity index (χ1v) is 7.94. The van der Waals surface area contributed by atoms with E-state index in [0.29, 0.717) is 11.7 Å². The van der Waals surface area contributed by atoms with Gasteiger partial charge in [-0.15, -0.1) is 0 Å². The van der Waals surface area contributed by atoms with E-state index in [-0.39, 0.29) is 0 Å². The number of furan rings is 1. The van der Waals surface area contributed by atoms with Crippen LogP contribution in [0.15, 0.2) is 47.0 Å². The molecule has 0 fully saturated rings. The summed E-state index contributed by atoms with van der Waals surface area (Å²) in [4.78, 5) is 4.29. The fraction of sp³-hybridized carbons (Fsp3) is 0.167. The van der Waals surface area contributed by atoms with Crippen molar-refractivity contribution in [3.63, 3.8) is 0 Å². The van der Waals surface area contributed by atoms with Crippen molar-refractivity contribution >= 4 is 39.2 Å². The van der Waals surface area contributed by atoms with Crippen molar-refractivity contribution in [2.24, 2.45) is 7.05 Å². The van der Waals surface area contributed by atoms with Crippen LogP contribution < -0.4 is 10.1 Å². The fourth-order valence-corrected chi connectivity index (χ4v) is 2.97. The number of aromatic nitrogens is 2. The van der Waals surface area contributed by atoms with Gasteiger partial charge in [-0.25, -0.2) is 4.98 Å². The van der Waals surface area contributed by atoms with Gasteiger partial charge < -0.3 is 19.0 Å². The Balaban J connectivity index is 1.74. The van der Waals surface area contributed by atoms with E-state index in [1.54, 1.807) is 13.3 Å². The normalized spacial score (nSPS) is 11.3. The summed E-state index contributed by atoms with van der Waals surface area (Å²) in [6, 6.07) is 11.9. The number of halogens is 1. The Kier molecular flexibility index (Phi) is 3.58. The minimum atomic E-state index is 0.533. The van der Waals surface area contributed by atoms with Crippen molar-refractivity contribution in [3.05, 3.63) is 53.6 Å². The number of para-hydroxylation sites is 1. The molecule has 5 nitrogen and oxygen atoms in total. The van der Waals surface area contributed by atoms with Gasteiger partial charge in [-0.05, 0) is 12.1 Å². The van der Waals surface area contributed by atoms with Crippen molar-refractivity contribution in [2.75, 3.05) is 12.4 Å². The smallest absolute Gasteiger partial charge is 0.142 e. The molecule has 122 valence electrons. The molecule has 0 aliphatic heterocycles. The molecule has 0 aliphatic rings. The molecule has 1 N–H and O–H groups in total. The Morgan fingerprint density at radius 2 is 2.04 bits per heavy atom. The van der Waals surface area contributed by atoms with Crippen LogP contribution in [-0.2, 0) is 13.6 Å². The highest BCUT2D eigenvalue weighted by Gasteiger charge is 2.13. The molecule has 2 aromatic carbocycles. The first-order chi connectivity index (χ1) is 11.7. The molecule has 0 aliphatic carbocycles. The lowest BCUT2D eigenvalue weighted by atomic mass is 10.1. The summed E-state index contributed by atoms with van der Waals surface area (Å²) in [5.74, 6) is 1.60. The predicted molar refractivity (Wildman–Crippen MR) is 95.8 cm³/mol. The minimum absolute atomic E-state index is 0.533. The molecule has 0 bridgehead atoms. The second-order valence-electron chi connectivity index (χ2n) is 5.56. The van der Waals surface area contributed by atoms with Gasteiger partial charge in [0.15, 0.2) is 0 Å². The third-order valence-electron chi connectivity index (χ3n) is 4.16. The van der Waals surface area contributed by atoms with E-state index in [2.05, 4.69) is 10.3 Å². The lowest BCUT2D eigenvalue weighted by molar-refractivity contribution is 0.417. The van der Waals surface area contributed by atoms with Gasteiger partial charge in [0.25, 0.3) is 0 Å². The molecular weight excluding hydrogens is 326 g/mol. The van der Waals surface area contributed by atoms with Crippen LogP contribution in [-0.4, -0.2) is 16.7 Å². The number of hydrogen-bond donors (Lipinski definition) is 1. The summed E-state index contributed by atoms with van der Waals surface area (Å²) >= 11 is 6.03. The molecule has 4 aromatic rings. The molecule has 0 radical (unpaired) electrons. The minimum Gasteiger partial charge on any atom is -0.495 e. The summed E-state index contributed by atoms with van der Waals surface area (Å²) in [5.41, 5.74) is 2.53. The van der Waals surface area contributed by atoms with E-state index in [1.807, 2.05) is 48.0 Å². The Morgan fingerprint density at radius 3 is 2.79 bits per heavy atom. The molecular formula is C18H16ClN3O2. The Bertz CT molecular complexity index is 1040. The maximum atomic E-state index is 6.03. The third-order valence-corrected chi connectivity index (χ3v) is 4.51. The average molecular weight is 342 g/mol. The second-order valence-corrected chi connectivity index (χ2v) is 5.94. The van der Waals surface area contributed by atoms with Gasteiger partial charge in [0, 0.05) is 23.9 Å². The van der Waals surface area contributed by atoms with Crippen LogP contribution in [0.5, 0.6) is 5.75 Å². The average Bonchev–Trinajstić information content (AvgIpc) is 3.12. The predicted octanol–water partition coefficient (Wildman–Crippen LogP) is 4.59. The van der Waals surface area contributed by atoms with Gasteiger partial charge in [0.05, 0.1) is 25.5 Å². The summed E-state index contributed by atoms with van der Waals surface area (Å²) in [7, 11) is 3.54. The number of rotatable bonds is 4. The summed E-state index contributed by atoms with van der Waals surface area (Å²) in [5, 5.41) is 6.06. The molecule has 0 atom stereocenters. The highest BCUT2D eigenvalue weighted by atomic mass is 35.5. The van der Waals surface area contributed by atoms with E-state index in [4.69, 9.17) is 20.8 Å². The zero-order valence-electron chi connectivity index (χ0n) is 13.3. The molecule has 2 heterocycles. The number of nitrogens with zero attached hydrogens (tertiary/aromatic N) is 2. The van der Waals surface area contributed by atoms with Gasteiger partial charge in [0.2, 0.25) is 0 Å². The van der Waals surface area contributed by atoms with Crippen molar-refractivity contribution < 1.29 is 9.15 Å².